The smallest absolute Gasteiger partial charge is 0.0512 e. The Morgan fingerprint density at radius 1 is 0.690 bits per heavy atom. The zero-order valence-electron chi connectivity index (χ0n) is 17.3. The van der Waals surface area contributed by atoms with Crippen molar-refractivity contribution < 1.29 is 18.9 Å². The Balaban J connectivity index is 0.000000153. The minimum absolute atomic E-state index is 0. The van der Waals surface area contributed by atoms with Crippen LogP contribution in [-0.2, 0) is 44.6 Å². The summed E-state index contributed by atoms with van der Waals surface area (Å²) >= 11 is -2.06. The summed E-state index contributed by atoms with van der Waals surface area (Å²) in [7, 11) is 11.4. The van der Waals surface area contributed by atoms with Crippen molar-refractivity contribution in [2.24, 2.45) is 0 Å². The molecule has 0 unspecified atom stereocenters. The maximum absolute atomic E-state index is 5.72. The maximum Gasteiger partial charge on any atom is -0.0512 e. The number of benzene rings is 1. The van der Waals surface area contributed by atoms with Crippen molar-refractivity contribution in [3.05, 3.63) is 102 Å². The first-order chi connectivity index (χ1) is 13.7. The average molecular weight is 506 g/mol. The third kappa shape index (κ3) is 8.49. The molecule has 0 spiro atoms. The molecule has 0 aliphatic heterocycles. The van der Waals surface area contributed by atoms with E-state index in [1.54, 1.807) is 22.3 Å². The molecule has 0 heterocycles. The number of aryl methyl sites for hydroxylation is 4. The van der Waals surface area contributed by atoms with Crippen LogP contribution in [-0.4, -0.2) is 3.71 Å². The molecule has 0 nitrogen and oxygen atoms in total. The van der Waals surface area contributed by atoms with E-state index in [1.165, 1.54) is 51.4 Å². The summed E-state index contributed by atoms with van der Waals surface area (Å²) in [6.45, 7) is 0. The number of hydrogen-bond donors (Lipinski definition) is 0. The normalized spacial score (nSPS) is 13.9. The first-order valence-corrected chi connectivity index (χ1v) is 18.0. The van der Waals surface area contributed by atoms with E-state index in [9.17, 15) is 0 Å². The van der Waals surface area contributed by atoms with Crippen LogP contribution in [0.4, 0.5) is 0 Å². The summed E-state index contributed by atoms with van der Waals surface area (Å²) < 4.78 is 1.98. The van der Waals surface area contributed by atoms with Gasteiger partial charge >= 0.3 is 75.5 Å². The molecule has 0 saturated heterocycles. The quantitative estimate of drug-likeness (QED) is 0.296. The standard InChI is InChI=1S/2C9H11.C7H6.CH3.2ClH.Zr/c2*1-2-5-9-7-3-6-8(9)4-1;1-7-5-3-2-4-6-7;;;;/h2*3,6-7H,1-2,4-5H2;1-6H;1H3;2*1H;/q2*-1;;-1;;;+2/p-2. The van der Waals surface area contributed by atoms with Crippen molar-refractivity contribution in [3.63, 3.8) is 0 Å². The van der Waals surface area contributed by atoms with Gasteiger partial charge < -0.3 is 7.43 Å². The van der Waals surface area contributed by atoms with Gasteiger partial charge in [0.25, 0.3) is 0 Å². The van der Waals surface area contributed by atoms with Gasteiger partial charge in [-0.2, -0.15) is 46.5 Å². The van der Waals surface area contributed by atoms with Gasteiger partial charge in [-0.1, -0.05) is 51.4 Å². The Morgan fingerprint density at radius 3 is 1.62 bits per heavy atom. The van der Waals surface area contributed by atoms with E-state index < -0.39 is 18.9 Å². The van der Waals surface area contributed by atoms with Crippen molar-refractivity contribution in [3.8, 4) is 0 Å². The molecule has 3 aromatic carbocycles. The van der Waals surface area contributed by atoms with Crippen LogP contribution in [0.25, 0.3) is 0 Å². The van der Waals surface area contributed by atoms with Crippen LogP contribution in [0.2, 0.25) is 0 Å². The van der Waals surface area contributed by atoms with E-state index in [1.807, 2.05) is 34.0 Å². The first-order valence-electron chi connectivity index (χ1n) is 10.3. The van der Waals surface area contributed by atoms with E-state index in [0.29, 0.717) is 0 Å². The van der Waals surface area contributed by atoms with Gasteiger partial charge in [-0.05, 0) is 0 Å². The second-order valence-corrected chi connectivity index (χ2v) is 15.5. The van der Waals surface area contributed by atoms with Crippen molar-refractivity contribution in [2.45, 2.75) is 51.4 Å². The fourth-order valence-corrected chi connectivity index (χ4v) is 6.48. The topological polar surface area (TPSA) is 0 Å². The third-order valence-corrected chi connectivity index (χ3v) is 8.02. The number of rotatable bonds is 1. The van der Waals surface area contributed by atoms with E-state index in [0.717, 1.165) is 5.56 Å². The predicted molar refractivity (Wildman–Crippen MR) is 127 cm³/mol. The van der Waals surface area contributed by atoms with Gasteiger partial charge in [-0.3, -0.25) is 0 Å². The van der Waals surface area contributed by atoms with Crippen LogP contribution in [0.3, 0.4) is 0 Å². The Morgan fingerprint density at radius 2 is 1.17 bits per heavy atom. The van der Waals surface area contributed by atoms with Gasteiger partial charge in [-0.15, -0.1) is 0 Å². The molecule has 0 amide bonds. The fourth-order valence-electron chi connectivity index (χ4n) is 3.90. The molecule has 0 radical (unpaired) electrons. The largest absolute Gasteiger partial charge is 0.210 e. The van der Waals surface area contributed by atoms with Crippen molar-refractivity contribution in [1.82, 2.24) is 0 Å². The second kappa shape index (κ2) is 13.5. The molecule has 0 atom stereocenters. The molecule has 29 heavy (non-hydrogen) atoms. The molecular weight excluding hydrogens is 474 g/mol. The maximum atomic E-state index is 5.72. The Bertz CT molecular complexity index is 766. The molecule has 0 saturated carbocycles. The average Bonchev–Trinajstić information content (AvgIpc) is 3.38. The van der Waals surface area contributed by atoms with Gasteiger partial charge in [0.05, 0.1) is 0 Å². The number of hydrogen-bond acceptors (Lipinski definition) is 0. The monoisotopic (exact) mass is 503 g/mol. The molecule has 3 aromatic rings. The third-order valence-electron chi connectivity index (χ3n) is 5.37. The first kappa shape index (κ1) is 24.5. The molecule has 156 valence electrons. The molecule has 0 N–H and O–H groups in total. The molecule has 0 fully saturated rings. The van der Waals surface area contributed by atoms with Crippen molar-refractivity contribution in [1.29, 1.82) is 0 Å². The van der Waals surface area contributed by atoms with Gasteiger partial charge in [-0.25, -0.2) is 12.1 Å². The number of fused-ring (bicyclic) bond motifs is 2. The van der Waals surface area contributed by atoms with Gasteiger partial charge in [0.2, 0.25) is 0 Å². The summed E-state index contributed by atoms with van der Waals surface area (Å²) in [5.41, 5.74) is 7.53. The second-order valence-electron chi connectivity index (χ2n) is 7.41. The van der Waals surface area contributed by atoms with Crippen LogP contribution < -0.4 is 0 Å². The van der Waals surface area contributed by atoms with Crippen molar-refractivity contribution in [2.75, 3.05) is 0 Å². The Hall–Kier alpha value is -0.747. The van der Waals surface area contributed by atoms with Gasteiger partial charge in [0.1, 0.15) is 0 Å². The van der Waals surface area contributed by atoms with E-state index in [4.69, 9.17) is 17.0 Å². The minimum Gasteiger partial charge on any atom is -0.210 e. The van der Waals surface area contributed by atoms with E-state index in [-0.39, 0.29) is 7.43 Å². The molecule has 5 rings (SSSR count). The van der Waals surface area contributed by atoms with Gasteiger partial charge in [0.15, 0.2) is 0 Å². The van der Waals surface area contributed by atoms with Crippen LogP contribution >= 0.6 is 17.0 Å². The summed E-state index contributed by atoms with van der Waals surface area (Å²) in [6.07, 6.45) is 10.9. The molecule has 0 aromatic heterocycles. The molecule has 2 aliphatic carbocycles. The van der Waals surface area contributed by atoms with Crippen LogP contribution in [0, 0.1) is 7.43 Å². The van der Waals surface area contributed by atoms with Crippen LogP contribution in [0.1, 0.15) is 53.5 Å². The summed E-state index contributed by atoms with van der Waals surface area (Å²) in [5.74, 6) is 0. The van der Waals surface area contributed by atoms with E-state index >= 15 is 0 Å². The zero-order chi connectivity index (χ0) is 19.6. The Labute approximate surface area is 191 Å². The zero-order valence-corrected chi connectivity index (χ0v) is 21.3. The van der Waals surface area contributed by atoms with Gasteiger partial charge in [0, 0.05) is 0 Å². The fraction of sp³-hybridized carbons (Fsp3) is 0.308. The van der Waals surface area contributed by atoms with E-state index in [2.05, 4.69) is 36.4 Å². The van der Waals surface area contributed by atoms with Crippen LogP contribution in [0.5, 0.6) is 0 Å². The Kier molecular flexibility index (Phi) is 11.4. The summed E-state index contributed by atoms with van der Waals surface area (Å²) in [4.78, 5) is 0. The molecular formula is C26H31Cl2Zr-3. The summed E-state index contributed by atoms with van der Waals surface area (Å²) in [6, 6.07) is 23.3. The molecule has 0 bridgehead atoms. The minimum atomic E-state index is -2.06. The number of halogens is 2. The summed E-state index contributed by atoms with van der Waals surface area (Å²) in [5, 5.41) is 0. The SMILES string of the molecule is [CH3-].[Cl][Zr]([Cl])=[CH]c1ccccc1.c1cc2c([cH-]1)CCCC2.c1cc2c([cH-]1)CCCC2. The van der Waals surface area contributed by atoms with Crippen molar-refractivity contribution >= 4 is 20.7 Å². The predicted octanol–water partition coefficient (Wildman–Crippen LogP) is 7.78. The molecule has 2 aliphatic rings. The van der Waals surface area contributed by atoms with Crippen LogP contribution in [0.15, 0.2) is 66.7 Å². The molecule has 3 heteroatoms.